The van der Waals surface area contributed by atoms with Crippen LogP contribution in [0.3, 0.4) is 0 Å². The monoisotopic (exact) mass is 330 g/mol. The van der Waals surface area contributed by atoms with Crippen molar-refractivity contribution in [2.24, 2.45) is 0 Å². The highest BCUT2D eigenvalue weighted by Crippen LogP contribution is 2.07. The highest BCUT2D eigenvalue weighted by Gasteiger charge is 2.09. The van der Waals surface area contributed by atoms with Crippen LogP contribution in [0.15, 0.2) is 17.5 Å². The first-order valence-corrected chi connectivity index (χ1v) is 7.47. The number of amides is 2. The van der Waals surface area contributed by atoms with Gasteiger partial charge in [0.05, 0.1) is 18.0 Å². The maximum Gasteiger partial charge on any atom is 0.261 e. The fraction of sp³-hybridized carbons (Fsp3) is 0.417. The maximum atomic E-state index is 11.6. The number of carbonyl (C=O) groups excluding carboxylic acids is 2. The topological polar surface area (TPSA) is 91.5 Å². The molecule has 0 bridgehead atoms. The number of thiophene rings is 1. The van der Waals surface area contributed by atoms with Crippen molar-refractivity contribution in [3.05, 3.63) is 22.4 Å². The average molecular weight is 330 g/mol. The lowest BCUT2D eigenvalue weighted by atomic mass is 10.4. The Morgan fingerprint density at radius 2 is 2.19 bits per heavy atom. The number of thiocarbonyl (C=S) groups is 1. The third kappa shape index (κ3) is 7.02. The van der Waals surface area contributed by atoms with Crippen LogP contribution in [0.5, 0.6) is 0 Å². The average Bonchev–Trinajstić information content (AvgIpc) is 2.97. The van der Waals surface area contributed by atoms with Crippen LogP contribution in [0.4, 0.5) is 0 Å². The van der Waals surface area contributed by atoms with Gasteiger partial charge in [-0.3, -0.25) is 20.4 Å². The summed E-state index contributed by atoms with van der Waals surface area (Å²) in [5.41, 5.74) is 4.93. The molecule has 0 aliphatic rings. The molecular weight excluding hydrogens is 312 g/mol. The van der Waals surface area contributed by atoms with Gasteiger partial charge in [0, 0.05) is 13.2 Å². The van der Waals surface area contributed by atoms with Gasteiger partial charge in [-0.1, -0.05) is 6.07 Å². The number of methoxy groups -OCH3 is 1. The molecule has 0 radical (unpaired) electrons. The molecule has 9 heteroatoms. The van der Waals surface area contributed by atoms with Crippen molar-refractivity contribution < 1.29 is 14.3 Å². The Morgan fingerprint density at radius 1 is 1.43 bits per heavy atom. The maximum absolute atomic E-state index is 11.6. The SMILES string of the molecule is COC[C@@H](C)NC(=S)NNC(=O)CNC(=O)c1cccs1. The molecule has 0 unspecified atom stereocenters. The van der Waals surface area contributed by atoms with E-state index in [2.05, 4.69) is 21.5 Å². The molecule has 1 rings (SSSR count). The van der Waals surface area contributed by atoms with Crippen molar-refractivity contribution >= 4 is 40.5 Å². The molecule has 7 nitrogen and oxygen atoms in total. The summed E-state index contributed by atoms with van der Waals surface area (Å²) in [6.45, 7) is 2.24. The van der Waals surface area contributed by atoms with E-state index in [0.29, 0.717) is 11.5 Å². The van der Waals surface area contributed by atoms with Gasteiger partial charge in [-0.25, -0.2) is 0 Å². The molecule has 0 aliphatic heterocycles. The van der Waals surface area contributed by atoms with Crippen molar-refractivity contribution in [3.8, 4) is 0 Å². The first-order valence-electron chi connectivity index (χ1n) is 6.19. The Kier molecular flexibility index (Phi) is 7.65. The van der Waals surface area contributed by atoms with E-state index in [0.717, 1.165) is 0 Å². The standard InChI is InChI=1S/C12H18N4O3S2/c1-8(7-19-2)14-12(20)16-15-10(17)6-13-11(18)9-4-3-5-21-9/h3-5,8H,6-7H2,1-2H3,(H,13,18)(H,15,17)(H2,14,16,20)/t8-/m1/s1. The molecule has 21 heavy (non-hydrogen) atoms. The smallest absolute Gasteiger partial charge is 0.261 e. The molecule has 0 spiro atoms. The molecule has 1 atom stereocenters. The van der Waals surface area contributed by atoms with E-state index in [1.807, 2.05) is 6.92 Å². The van der Waals surface area contributed by atoms with Crippen molar-refractivity contribution in [1.82, 2.24) is 21.5 Å². The second kappa shape index (κ2) is 9.27. The van der Waals surface area contributed by atoms with E-state index in [1.54, 1.807) is 24.6 Å². The Hall–Kier alpha value is -1.71. The lowest BCUT2D eigenvalue weighted by molar-refractivity contribution is -0.120. The van der Waals surface area contributed by atoms with E-state index >= 15 is 0 Å². The van der Waals surface area contributed by atoms with Crippen molar-refractivity contribution in [2.75, 3.05) is 20.3 Å². The van der Waals surface area contributed by atoms with Gasteiger partial charge >= 0.3 is 0 Å². The first kappa shape index (κ1) is 17.3. The summed E-state index contributed by atoms with van der Waals surface area (Å²) >= 11 is 6.30. The van der Waals surface area contributed by atoms with E-state index in [-0.39, 0.29) is 23.6 Å². The van der Waals surface area contributed by atoms with Crippen LogP contribution in [0.25, 0.3) is 0 Å². The van der Waals surface area contributed by atoms with E-state index in [4.69, 9.17) is 17.0 Å². The summed E-state index contributed by atoms with van der Waals surface area (Å²) in [6.07, 6.45) is 0. The summed E-state index contributed by atoms with van der Waals surface area (Å²) < 4.78 is 4.95. The van der Waals surface area contributed by atoms with Crippen LogP contribution in [0.1, 0.15) is 16.6 Å². The van der Waals surface area contributed by atoms with Gasteiger partial charge in [0.2, 0.25) is 0 Å². The lowest BCUT2D eigenvalue weighted by Gasteiger charge is -2.16. The van der Waals surface area contributed by atoms with Gasteiger partial charge in [0.25, 0.3) is 11.8 Å². The quantitative estimate of drug-likeness (QED) is 0.434. The minimum Gasteiger partial charge on any atom is -0.383 e. The zero-order valence-electron chi connectivity index (χ0n) is 11.8. The van der Waals surface area contributed by atoms with E-state index in [9.17, 15) is 9.59 Å². The molecule has 0 aliphatic carbocycles. The third-order valence-corrected chi connectivity index (χ3v) is 3.35. The van der Waals surface area contributed by atoms with Crippen LogP contribution in [-0.2, 0) is 9.53 Å². The molecule has 0 fully saturated rings. The molecule has 1 aromatic rings. The molecule has 2 amide bonds. The normalized spacial score (nSPS) is 11.3. The molecule has 0 saturated carbocycles. The van der Waals surface area contributed by atoms with Crippen LogP contribution < -0.4 is 21.5 Å². The fourth-order valence-corrected chi connectivity index (χ4v) is 2.27. The van der Waals surface area contributed by atoms with Gasteiger partial charge in [-0.15, -0.1) is 11.3 Å². The number of hydrogen-bond donors (Lipinski definition) is 4. The Balaban J connectivity index is 2.19. The van der Waals surface area contributed by atoms with Crippen LogP contribution in [-0.4, -0.2) is 43.2 Å². The third-order valence-electron chi connectivity index (χ3n) is 2.26. The predicted molar refractivity (Wildman–Crippen MR) is 85.0 cm³/mol. The molecule has 1 aromatic heterocycles. The second-order valence-corrected chi connectivity index (χ2v) is 5.52. The molecule has 0 aromatic carbocycles. The summed E-state index contributed by atoms with van der Waals surface area (Å²) in [5, 5.41) is 7.49. The number of hydrazine groups is 1. The number of rotatable bonds is 6. The number of carbonyl (C=O) groups is 2. The van der Waals surface area contributed by atoms with Crippen LogP contribution in [0.2, 0.25) is 0 Å². The van der Waals surface area contributed by atoms with Crippen molar-refractivity contribution in [2.45, 2.75) is 13.0 Å². The van der Waals surface area contributed by atoms with E-state index < -0.39 is 5.91 Å². The van der Waals surface area contributed by atoms with Gasteiger partial charge in [-0.2, -0.15) is 0 Å². The second-order valence-electron chi connectivity index (χ2n) is 4.16. The van der Waals surface area contributed by atoms with Crippen molar-refractivity contribution in [1.29, 1.82) is 0 Å². The van der Waals surface area contributed by atoms with Gasteiger partial charge in [0.15, 0.2) is 5.11 Å². The van der Waals surface area contributed by atoms with Gasteiger partial charge in [0.1, 0.15) is 0 Å². The molecule has 4 N–H and O–H groups in total. The summed E-state index contributed by atoms with van der Waals surface area (Å²) in [6, 6.07) is 3.48. The van der Waals surface area contributed by atoms with Gasteiger partial charge in [-0.05, 0) is 30.6 Å². The Morgan fingerprint density at radius 3 is 2.81 bits per heavy atom. The highest BCUT2D eigenvalue weighted by molar-refractivity contribution is 7.80. The first-order chi connectivity index (χ1) is 10.0. The summed E-state index contributed by atoms with van der Waals surface area (Å²) in [5.74, 6) is -0.682. The summed E-state index contributed by atoms with van der Waals surface area (Å²) in [7, 11) is 1.59. The van der Waals surface area contributed by atoms with E-state index in [1.165, 1.54) is 11.3 Å². The Labute approximate surface area is 132 Å². The Bertz CT molecular complexity index is 479. The zero-order chi connectivity index (χ0) is 15.7. The molecule has 0 saturated heterocycles. The largest absolute Gasteiger partial charge is 0.383 e. The molecule has 1 heterocycles. The van der Waals surface area contributed by atoms with Crippen LogP contribution in [0, 0.1) is 0 Å². The minimum atomic E-state index is -0.400. The lowest BCUT2D eigenvalue weighted by Crippen LogP contribution is -2.51. The number of ether oxygens (including phenoxy) is 1. The van der Waals surface area contributed by atoms with Gasteiger partial charge < -0.3 is 15.4 Å². The van der Waals surface area contributed by atoms with Crippen molar-refractivity contribution in [3.63, 3.8) is 0 Å². The minimum absolute atomic E-state index is 0.0189. The highest BCUT2D eigenvalue weighted by atomic mass is 32.1. The molecular formula is C12H18N4O3S2. The molecule has 116 valence electrons. The summed E-state index contributed by atoms with van der Waals surface area (Å²) in [4.78, 5) is 23.7. The fourth-order valence-electron chi connectivity index (χ4n) is 1.38. The number of hydrogen-bond acceptors (Lipinski definition) is 5. The predicted octanol–water partition coefficient (Wildman–Crippen LogP) is 0.00810. The zero-order valence-corrected chi connectivity index (χ0v) is 13.4. The van der Waals surface area contributed by atoms with Crippen LogP contribution >= 0.6 is 23.6 Å². The number of nitrogens with one attached hydrogen (secondary N) is 4.